The minimum Gasteiger partial charge on any atom is -0.337 e. The van der Waals surface area contributed by atoms with Crippen molar-refractivity contribution in [3.63, 3.8) is 0 Å². The second kappa shape index (κ2) is 10.4. The van der Waals surface area contributed by atoms with Gasteiger partial charge >= 0.3 is 0 Å². The molecule has 4 rings (SSSR count). The number of nitrogens with one attached hydrogen (secondary N) is 1. The van der Waals surface area contributed by atoms with E-state index in [9.17, 15) is 14.9 Å². The first kappa shape index (κ1) is 24.0. The summed E-state index contributed by atoms with van der Waals surface area (Å²) in [5.41, 5.74) is 4.38. The van der Waals surface area contributed by atoms with Gasteiger partial charge in [-0.15, -0.1) is 0 Å². The molecule has 1 saturated heterocycles. The molecule has 1 aromatic carbocycles. The molecule has 2 aliphatic rings. The van der Waals surface area contributed by atoms with Crippen LogP contribution < -0.4 is 5.32 Å². The maximum Gasteiger partial charge on any atom is 0.253 e. The number of aromatic nitrogens is 1. The standard InChI is InChI=1S/C27H35N5O2/c1-19-8-6-9-22(16-19)27(34)31-13-7-12-30(14-15-31)18-25(33)29-26-24(17-28)20(2)21(3)32(26)23-10-4-5-11-23/h6,8-9,16,23H,4-5,7,10-15,18H2,1-3H3,(H,29,33). The molecule has 1 saturated carbocycles. The number of nitrogens with zero attached hydrogens (tertiary/aromatic N) is 4. The fraction of sp³-hybridized carbons (Fsp3) is 0.519. The number of carbonyl (C=O) groups excluding carboxylic acids is 2. The minimum absolute atomic E-state index is 0.0500. The number of nitriles is 1. The fourth-order valence-electron chi connectivity index (χ4n) is 5.37. The van der Waals surface area contributed by atoms with E-state index >= 15 is 0 Å². The van der Waals surface area contributed by atoms with Crippen molar-refractivity contribution in [2.24, 2.45) is 0 Å². The first-order valence-electron chi connectivity index (χ1n) is 12.4. The third-order valence-corrected chi connectivity index (χ3v) is 7.32. The second-order valence-electron chi connectivity index (χ2n) is 9.69. The molecule has 2 aromatic rings. The molecule has 0 bridgehead atoms. The topological polar surface area (TPSA) is 81.4 Å². The summed E-state index contributed by atoms with van der Waals surface area (Å²) in [7, 11) is 0. The van der Waals surface area contributed by atoms with Gasteiger partial charge in [-0.1, -0.05) is 30.5 Å². The van der Waals surface area contributed by atoms with Crippen molar-refractivity contribution >= 4 is 17.6 Å². The molecule has 0 atom stereocenters. The number of carbonyl (C=O) groups is 2. The molecule has 2 fully saturated rings. The Balaban J connectivity index is 1.41. The molecule has 7 nitrogen and oxygen atoms in total. The molecule has 1 N–H and O–H groups in total. The molecule has 34 heavy (non-hydrogen) atoms. The largest absolute Gasteiger partial charge is 0.337 e. The minimum atomic E-state index is -0.105. The first-order valence-corrected chi connectivity index (χ1v) is 12.4. The maximum atomic E-state index is 13.1. The van der Waals surface area contributed by atoms with Crippen LogP contribution in [0.25, 0.3) is 0 Å². The molecule has 0 spiro atoms. The lowest BCUT2D eigenvalue weighted by molar-refractivity contribution is -0.117. The van der Waals surface area contributed by atoms with Gasteiger partial charge < -0.3 is 14.8 Å². The summed E-state index contributed by atoms with van der Waals surface area (Å²) in [5, 5.41) is 12.9. The van der Waals surface area contributed by atoms with Crippen LogP contribution in [0.4, 0.5) is 5.82 Å². The Hall–Kier alpha value is -3.11. The molecule has 1 aliphatic carbocycles. The van der Waals surface area contributed by atoms with E-state index in [1.54, 1.807) is 0 Å². The van der Waals surface area contributed by atoms with Crippen molar-refractivity contribution in [2.45, 2.75) is 58.9 Å². The van der Waals surface area contributed by atoms with Gasteiger partial charge in [-0.05, 0) is 57.7 Å². The smallest absolute Gasteiger partial charge is 0.253 e. The number of benzene rings is 1. The third-order valence-electron chi connectivity index (χ3n) is 7.32. The van der Waals surface area contributed by atoms with Crippen molar-refractivity contribution < 1.29 is 9.59 Å². The summed E-state index contributed by atoms with van der Waals surface area (Å²) in [6.45, 7) is 8.94. The lowest BCUT2D eigenvalue weighted by Gasteiger charge is -2.23. The molecule has 1 aliphatic heterocycles. The predicted molar refractivity (Wildman–Crippen MR) is 133 cm³/mol. The van der Waals surface area contributed by atoms with Crippen molar-refractivity contribution in [1.82, 2.24) is 14.4 Å². The monoisotopic (exact) mass is 461 g/mol. The van der Waals surface area contributed by atoms with Crippen LogP contribution >= 0.6 is 0 Å². The van der Waals surface area contributed by atoms with E-state index in [2.05, 4.69) is 20.9 Å². The average molecular weight is 462 g/mol. The summed E-state index contributed by atoms with van der Waals surface area (Å²) >= 11 is 0. The van der Waals surface area contributed by atoms with E-state index in [1.165, 1.54) is 12.8 Å². The van der Waals surface area contributed by atoms with Gasteiger partial charge in [0, 0.05) is 43.5 Å². The van der Waals surface area contributed by atoms with Crippen LogP contribution in [0, 0.1) is 32.1 Å². The zero-order valence-corrected chi connectivity index (χ0v) is 20.6. The third kappa shape index (κ3) is 5.02. The maximum absolute atomic E-state index is 13.1. The number of hydrogen-bond donors (Lipinski definition) is 1. The molecule has 2 amide bonds. The highest BCUT2D eigenvalue weighted by Crippen LogP contribution is 2.37. The predicted octanol–water partition coefficient (Wildman–Crippen LogP) is 4.19. The highest BCUT2D eigenvalue weighted by Gasteiger charge is 2.27. The summed E-state index contributed by atoms with van der Waals surface area (Å²) < 4.78 is 2.18. The number of hydrogen-bond acceptors (Lipinski definition) is 4. The lowest BCUT2D eigenvalue weighted by atomic mass is 10.1. The zero-order chi connectivity index (χ0) is 24.2. The quantitative estimate of drug-likeness (QED) is 0.724. The number of aryl methyl sites for hydroxylation is 1. The average Bonchev–Trinajstić information content (AvgIpc) is 3.34. The molecule has 0 radical (unpaired) electrons. The van der Waals surface area contributed by atoms with Gasteiger partial charge in [0.1, 0.15) is 11.9 Å². The van der Waals surface area contributed by atoms with Crippen molar-refractivity contribution in [2.75, 3.05) is 38.0 Å². The van der Waals surface area contributed by atoms with Gasteiger partial charge in [-0.3, -0.25) is 14.5 Å². The van der Waals surface area contributed by atoms with Crippen LogP contribution in [-0.4, -0.2) is 58.9 Å². The Bertz CT molecular complexity index is 1110. The van der Waals surface area contributed by atoms with Gasteiger partial charge in [-0.25, -0.2) is 0 Å². The molecule has 2 heterocycles. The summed E-state index contributed by atoms with van der Waals surface area (Å²) in [6, 6.07) is 10.3. The van der Waals surface area contributed by atoms with E-state index < -0.39 is 0 Å². The van der Waals surface area contributed by atoms with Crippen LogP contribution in [0.2, 0.25) is 0 Å². The Morgan fingerprint density at radius 3 is 2.53 bits per heavy atom. The summed E-state index contributed by atoms with van der Waals surface area (Å²) in [6.07, 6.45) is 5.36. The summed E-state index contributed by atoms with van der Waals surface area (Å²) in [4.78, 5) is 30.0. The Morgan fingerprint density at radius 1 is 1.06 bits per heavy atom. The highest BCUT2D eigenvalue weighted by atomic mass is 16.2. The van der Waals surface area contributed by atoms with E-state index in [1.807, 2.05) is 49.9 Å². The van der Waals surface area contributed by atoms with Crippen molar-refractivity contribution in [1.29, 1.82) is 5.26 Å². The molecular weight excluding hydrogens is 426 g/mol. The van der Waals surface area contributed by atoms with Gasteiger partial charge in [0.15, 0.2) is 0 Å². The normalized spacial score (nSPS) is 17.4. The van der Waals surface area contributed by atoms with Crippen LogP contribution in [0.3, 0.4) is 0 Å². The Kier molecular flexibility index (Phi) is 7.38. The SMILES string of the molecule is Cc1cccc(C(=O)N2CCCN(CC(=O)Nc3c(C#N)c(C)c(C)n3C3CCCC3)CC2)c1. The zero-order valence-electron chi connectivity index (χ0n) is 20.6. The van der Waals surface area contributed by atoms with E-state index in [4.69, 9.17) is 0 Å². The van der Waals surface area contributed by atoms with Crippen LogP contribution in [0.5, 0.6) is 0 Å². The van der Waals surface area contributed by atoms with E-state index in [0.29, 0.717) is 42.6 Å². The van der Waals surface area contributed by atoms with Gasteiger partial charge in [-0.2, -0.15) is 5.26 Å². The van der Waals surface area contributed by atoms with Crippen molar-refractivity contribution in [3.8, 4) is 6.07 Å². The van der Waals surface area contributed by atoms with E-state index in [-0.39, 0.29) is 18.4 Å². The highest BCUT2D eigenvalue weighted by molar-refractivity contribution is 5.94. The molecule has 1 aromatic heterocycles. The van der Waals surface area contributed by atoms with Crippen LogP contribution in [0.1, 0.15) is 70.9 Å². The van der Waals surface area contributed by atoms with E-state index in [0.717, 1.165) is 42.6 Å². The molecular formula is C27H35N5O2. The molecule has 7 heteroatoms. The molecule has 180 valence electrons. The lowest BCUT2D eigenvalue weighted by Crippen LogP contribution is -2.38. The number of rotatable bonds is 5. The Morgan fingerprint density at radius 2 is 1.82 bits per heavy atom. The van der Waals surface area contributed by atoms with Gasteiger partial charge in [0.05, 0.1) is 12.1 Å². The Labute approximate surface area is 202 Å². The fourth-order valence-corrected chi connectivity index (χ4v) is 5.37. The second-order valence-corrected chi connectivity index (χ2v) is 9.69. The van der Waals surface area contributed by atoms with Crippen molar-refractivity contribution in [3.05, 3.63) is 52.2 Å². The molecule has 0 unspecified atom stereocenters. The number of amides is 2. The number of anilines is 1. The van der Waals surface area contributed by atoms with Gasteiger partial charge in [0.25, 0.3) is 5.91 Å². The van der Waals surface area contributed by atoms with Crippen LogP contribution in [-0.2, 0) is 4.79 Å². The first-order chi connectivity index (χ1) is 16.4. The van der Waals surface area contributed by atoms with Crippen LogP contribution in [0.15, 0.2) is 24.3 Å². The summed E-state index contributed by atoms with van der Waals surface area (Å²) in [5.74, 6) is 0.598. The van der Waals surface area contributed by atoms with Gasteiger partial charge in [0.2, 0.25) is 5.91 Å².